The minimum absolute atomic E-state index is 0.770. The topological polar surface area (TPSA) is 28.2 Å². The number of hydrogen-bond donors (Lipinski definition) is 1. The summed E-state index contributed by atoms with van der Waals surface area (Å²) in [6.07, 6.45) is 7.40. The molecule has 1 aromatic heterocycles. The standard InChI is InChI=1S/C15H23N3/c1-2-7-16-9-13-4-6-15(17-10-13)18-11-12-3-5-14(18)8-12/h4,6,10,12,14,16H,2-3,5,7-9,11H2,1H3. The first kappa shape index (κ1) is 12.0. The summed E-state index contributed by atoms with van der Waals surface area (Å²) in [7, 11) is 0. The summed E-state index contributed by atoms with van der Waals surface area (Å²) in [5, 5.41) is 3.41. The van der Waals surface area contributed by atoms with Crippen LogP contribution in [0.3, 0.4) is 0 Å². The van der Waals surface area contributed by atoms with Crippen molar-refractivity contribution < 1.29 is 0 Å². The van der Waals surface area contributed by atoms with Crippen LogP contribution in [-0.2, 0) is 6.54 Å². The fraction of sp³-hybridized carbons (Fsp3) is 0.667. The Bertz CT molecular complexity index is 387. The molecule has 0 amide bonds. The number of piperidine rings is 1. The van der Waals surface area contributed by atoms with Crippen molar-refractivity contribution in [3.8, 4) is 0 Å². The van der Waals surface area contributed by atoms with Gasteiger partial charge in [-0.25, -0.2) is 4.98 Å². The van der Waals surface area contributed by atoms with Crippen molar-refractivity contribution in [2.75, 3.05) is 18.0 Å². The molecule has 1 saturated carbocycles. The normalized spacial score (nSPS) is 25.9. The van der Waals surface area contributed by atoms with Crippen LogP contribution in [0.2, 0.25) is 0 Å². The molecule has 2 unspecified atom stereocenters. The molecule has 1 aromatic rings. The highest BCUT2D eigenvalue weighted by molar-refractivity contribution is 5.43. The van der Waals surface area contributed by atoms with E-state index in [1.807, 2.05) is 6.20 Å². The molecule has 3 nitrogen and oxygen atoms in total. The van der Waals surface area contributed by atoms with Gasteiger partial charge in [-0.15, -0.1) is 0 Å². The van der Waals surface area contributed by atoms with Gasteiger partial charge in [0.1, 0.15) is 5.82 Å². The van der Waals surface area contributed by atoms with Gasteiger partial charge in [0.15, 0.2) is 0 Å². The van der Waals surface area contributed by atoms with E-state index in [0.29, 0.717) is 0 Å². The van der Waals surface area contributed by atoms with Gasteiger partial charge in [0.2, 0.25) is 0 Å². The Morgan fingerprint density at radius 3 is 2.94 bits per heavy atom. The minimum Gasteiger partial charge on any atom is -0.353 e. The van der Waals surface area contributed by atoms with Crippen molar-refractivity contribution in [1.29, 1.82) is 0 Å². The number of hydrogen-bond acceptors (Lipinski definition) is 3. The lowest BCUT2D eigenvalue weighted by Gasteiger charge is -2.28. The van der Waals surface area contributed by atoms with E-state index in [9.17, 15) is 0 Å². The van der Waals surface area contributed by atoms with Gasteiger partial charge in [-0.05, 0) is 49.8 Å². The second-order valence-corrected chi connectivity index (χ2v) is 5.69. The van der Waals surface area contributed by atoms with Gasteiger partial charge in [0.25, 0.3) is 0 Å². The van der Waals surface area contributed by atoms with Crippen molar-refractivity contribution in [3.05, 3.63) is 23.9 Å². The largest absolute Gasteiger partial charge is 0.353 e. The maximum Gasteiger partial charge on any atom is 0.128 e. The molecule has 2 bridgehead atoms. The molecule has 3 rings (SSSR count). The highest BCUT2D eigenvalue weighted by Gasteiger charge is 2.38. The first-order valence-electron chi connectivity index (χ1n) is 7.29. The van der Waals surface area contributed by atoms with E-state index in [1.54, 1.807) is 0 Å². The predicted molar refractivity (Wildman–Crippen MR) is 74.7 cm³/mol. The predicted octanol–water partition coefficient (Wildman–Crippen LogP) is 2.57. The van der Waals surface area contributed by atoms with Gasteiger partial charge in [0.05, 0.1) is 0 Å². The van der Waals surface area contributed by atoms with Crippen molar-refractivity contribution in [2.24, 2.45) is 5.92 Å². The Morgan fingerprint density at radius 1 is 1.39 bits per heavy atom. The molecule has 2 aliphatic rings. The lowest BCUT2D eigenvalue weighted by molar-refractivity contribution is 0.550. The number of anilines is 1. The third-order valence-electron chi connectivity index (χ3n) is 4.27. The summed E-state index contributed by atoms with van der Waals surface area (Å²) >= 11 is 0. The molecule has 2 fully saturated rings. The maximum absolute atomic E-state index is 4.64. The van der Waals surface area contributed by atoms with E-state index in [-0.39, 0.29) is 0 Å². The Hall–Kier alpha value is -1.09. The Morgan fingerprint density at radius 2 is 2.33 bits per heavy atom. The highest BCUT2D eigenvalue weighted by atomic mass is 15.2. The van der Waals surface area contributed by atoms with Crippen molar-refractivity contribution >= 4 is 5.82 Å². The fourth-order valence-corrected chi connectivity index (χ4v) is 3.31. The van der Waals surface area contributed by atoms with Crippen LogP contribution < -0.4 is 10.2 Å². The van der Waals surface area contributed by atoms with Gasteiger partial charge in [-0.2, -0.15) is 0 Å². The van der Waals surface area contributed by atoms with Crippen LogP contribution in [-0.4, -0.2) is 24.1 Å². The number of aromatic nitrogens is 1. The first-order chi connectivity index (χ1) is 8.86. The number of rotatable bonds is 5. The molecule has 1 aliphatic carbocycles. The molecule has 0 spiro atoms. The molecule has 1 aliphatic heterocycles. The molecule has 98 valence electrons. The second-order valence-electron chi connectivity index (χ2n) is 5.69. The van der Waals surface area contributed by atoms with E-state index in [1.165, 1.54) is 43.6 Å². The molecule has 0 radical (unpaired) electrons. The Balaban J connectivity index is 1.61. The maximum atomic E-state index is 4.64. The molecule has 2 heterocycles. The molecular weight excluding hydrogens is 222 g/mol. The van der Waals surface area contributed by atoms with E-state index < -0.39 is 0 Å². The zero-order chi connectivity index (χ0) is 12.4. The minimum atomic E-state index is 0.770. The van der Waals surface area contributed by atoms with Gasteiger partial charge < -0.3 is 10.2 Å². The van der Waals surface area contributed by atoms with Crippen molar-refractivity contribution in [1.82, 2.24) is 10.3 Å². The van der Waals surface area contributed by atoms with Crippen LogP contribution in [0.1, 0.15) is 38.2 Å². The molecule has 0 aromatic carbocycles. The van der Waals surface area contributed by atoms with Crippen LogP contribution in [0, 0.1) is 5.92 Å². The van der Waals surface area contributed by atoms with Crippen LogP contribution in [0.15, 0.2) is 18.3 Å². The van der Waals surface area contributed by atoms with E-state index in [0.717, 1.165) is 25.0 Å². The number of nitrogens with zero attached hydrogens (tertiary/aromatic N) is 2. The van der Waals surface area contributed by atoms with Crippen LogP contribution in [0.5, 0.6) is 0 Å². The van der Waals surface area contributed by atoms with Gasteiger partial charge in [-0.3, -0.25) is 0 Å². The molecular formula is C15H23N3. The quantitative estimate of drug-likeness (QED) is 0.808. The molecule has 3 heteroatoms. The monoisotopic (exact) mass is 245 g/mol. The van der Waals surface area contributed by atoms with E-state index in [2.05, 4.69) is 34.3 Å². The lowest BCUT2D eigenvalue weighted by atomic mass is 10.1. The molecule has 18 heavy (non-hydrogen) atoms. The zero-order valence-electron chi connectivity index (χ0n) is 11.2. The average Bonchev–Trinajstić information content (AvgIpc) is 3.02. The van der Waals surface area contributed by atoms with Crippen molar-refractivity contribution in [3.63, 3.8) is 0 Å². The van der Waals surface area contributed by atoms with Gasteiger partial charge in [0, 0.05) is 25.3 Å². The molecule has 1 N–H and O–H groups in total. The molecule has 1 saturated heterocycles. The zero-order valence-corrected chi connectivity index (χ0v) is 11.2. The van der Waals surface area contributed by atoms with Crippen molar-refractivity contribution in [2.45, 2.75) is 45.2 Å². The number of pyridine rings is 1. The summed E-state index contributed by atoms with van der Waals surface area (Å²) in [6, 6.07) is 5.19. The highest BCUT2D eigenvalue weighted by Crippen LogP contribution is 2.39. The summed E-state index contributed by atoms with van der Waals surface area (Å²) in [6.45, 7) is 5.44. The summed E-state index contributed by atoms with van der Waals surface area (Å²) in [4.78, 5) is 7.16. The van der Waals surface area contributed by atoms with Gasteiger partial charge >= 0.3 is 0 Å². The molecule has 2 atom stereocenters. The summed E-state index contributed by atoms with van der Waals surface area (Å²) < 4.78 is 0. The van der Waals surface area contributed by atoms with Crippen LogP contribution in [0.25, 0.3) is 0 Å². The first-order valence-corrected chi connectivity index (χ1v) is 7.29. The van der Waals surface area contributed by atoms with Crippen LogP contribution in [0.4, 0.5) is 5.82 Å². The fourth-order valence-electron chi connectivity index (χ4n) is 3.31. The van der Waals surface area contributed by atoms with Crippen LogP contribution >= 0.6 is 0 Å². The lowest BCUT2D eigenvalue weighted by Crippen LogP contribution is -2.32. The summed E-state index contributed by atoms with van der Waals surface area (Å²) in [5.74, 6) is 2.11. The Labute approximate surface area is 110 Å². The smallest absolute Gasteiger partial charge is 0.128 e. The van der Waals surface area contributed by atoms with E-state index in [4.69, 9.17) is 0 Å². The SMILES string of the molecule is CCCNCc1ccc(N2CC3CCC2C3)nc1. The second kappa shape index (κ2) is 5.27. The third-order valence-corrected chi connectivity index (χ3v) is 4.27. The number of nitrogens with one attached hydrogen (secondary N) is 1. The third kappa shape index (κ3) is 2.37. The average molecular weight is 245 g/mol. The van der Waals surface area contributed by atoms with E-state index >= 15 is 0 Å². The summed E-state index contributed by atoms with van der Waals surface area (Å²) in [5.41, 5.74) is 1.29. The number of fused-ring (bicyclic) bond motifs is 2. The Kier molecular flexibility index (Phi) is 3.50. The van der Waals surface area contributed by atoms with Gasteiger partial charge in [-0.1, -0.05) is 13.0 Å².